The molecule has 0 saturated carbocycles. The van der Waals surface area contributed by atoms with Gasteiger partial charge in [0.25, 0.3) is 0 Å². The van der Waals surface area contributed by atoms with Crippen molar-refractivity contribution in [2.24, 2.45) is 0 Å². The third kappa shape index (κ3) is 4.91. The molecule has 3 aliphatic heterocycles. The average molecular weight is 491 g/mol. The molecule has 1 N–H and O–H groups in total. The number of likely N-dealkylation sites (tertiary alicyclic amines) is 2. The van der Waals surface area contributed by atoms with Gasteiger partial charge in [-0.15, -0.1) is 0 Å². The monoisotopic (exact) mass is 490 g/mol. The molecule has 1 amide bonds. The van der Waals surface area contributed by atoms with Crippen molar-refractivity contribution < 1.29 is 9.53 Å². The highest BCUT2D eigenvalue weighted by atomic mass is 16.5. The van der Waals surface area contributed by atoms with Crippen molar-refractivity contribution in [2.45, 2.75) is 58.1 Å². The second kappa shape index (κ2) is 10.9. The van der Waals surface area contributed by atoms with E-state index in [-0.39, 0.29) is 5.91 Å². The molecule has 36 heavy (non-hydrogen) atoms. The van der Waals surface area contributed by atoms with Crippen LogP contribution in [0.25, 0.3) is 0 Å². The highest BCUT2D eigenvalue weighted by Gasteiger charge is 2.36. The fraction of sp³-hybridized carbons (Fsp3) is 0.536. The van der Waals surface area contributed by atoms with Crippen molar-refractivity contribution in [2.75, 3.05) is 49.5 Å². The molecule has 0 radical (unpaired) electrons. The second-order valence-corrected chi connectivity index (χ2v) is 10.1. The Morgan fingerprint density at radius 2 is 1.97 bits per heavy atom. The minimum atomic E-state index is 0.0386. The maximum atomic E-state index is 11.7. The molecule has 0 aromatic carbocycles. The molecule has 5 heterocycles. The Morgan fingerprint density at radius 1 is 1.22 bits per heavy atom. The fourth-order valence-electron chi connectivity index (χ4n) is 5.65. The Morgan fingerprint density at radius 3 is 2.67 bits per heavy atom. The normalized spacial score (nSPS) is 18.2. The number of piperidine rings is 1. The first-order chi connectivity index (χ1) is 17.6. The zero-order valence-corrected chi connectivity index (χ0v) is 21.6. The minimum absolute atomic E-state index is 0.0386. The number of hydrogen-bond acceptors (Lipinski definition) is 7. The van der Waals surface area contributed by atoms with Gasteiger partial charge in [0.05, 0.1) is 17.4 Å². The van der Waals surface area contributed by atoms with Gasteiger partial charge in [0.1, 0.15) is 12.4 Å². The molecule has 5 rings (SSSR count). The lowest BCUT2D eigenvalue weighted by atomic mass is 9.91. The summed E-state index contributed by atoms with van der Waals surface area (Å²) in [5.74, 6) is 2.11. The lowest BCUT2D eigenvalue weighted by Gasteiger charge is -2.47. The molecule has 8 heteroatoms. The molecule has 192 valence electrons. The topological polar surface area (TPSA) is 73.8 Å². The summed E-state index contributed by atoms with van der Waals surface area (Å²) >= 11 is 0. The number of anilines is 3. The zero-order valence-electron chi connectivity index (χ0n) is 21.6. The quantitative estimate of drug-likeness (QED) is 0.553. The number of amides is 1. The van der Waals surface area contributed by atoms with Gasteiger partial charge in [-0.1, -0.05) is 20.4 Å². The average Bonchev–Trinajstić information content (AvgIpc) is 3.06. The molecule has 2 aromatic heterocycles. The van der Waals surface area contributed by atoms with E-state index in [0.29, 0.717) is 18.6 Å². The van der Waals surface area contributed by atoms with Crippen LogP contribution in [0.2, 0.25) is 0 Å². The van der Waals surface area contributed by atoms with Gasteiger partial charge in [-0.3, -0.25) is 14.7 Å². The molecular weight excluding hydrogens is 452 g/mol. The number of aromatic nitrogens is 2. The van der Waals surface area contributed by atoms with Gasteiger partial charge in [0.2, 0.25) is 5.91 Å². The summed E-state index contributed by atoms with van der Waals surface area (Å²) in [6.45, 7) is 14.2. The summed E-state index contributed by atoms with van der Waals surface area (Å²) in [5.41, 5.74) is 4.37. The first-order valence-corrected chi connectivity index (χ1v) is 13.4. The molecule has 0 bridgehead atoms. The predicted molar refractivity (Wildman–Crippen MR) is 143 cm³/mol. The summed E-state index contributed by atoms with van der Waals surface area (Å²) in [6.07, 6.45) is 9.52. The van der Waals surface area contributed by atoms with E-state index in [9.17, 15) is 4.79 Å². The number of fused-ring (bicyclic) bond motifs is 2. The Kier molecular flexibility index (Phi) is 7.41. The van der Waals surface area contributed by atoms with Crippen LogP contribution in [0.3, 0.4) is 0 Å². The molecule has 2 aromatic rings. The van der Waals surface area contributed by atoms with Crippen LogP contribution < -0.4 is 15.0 Å². The summed E-state index contributed by atoms with van der Waals surface area (Å²) in [5, 5.41) is 3.57. The fourth-order valence-corrected chi connectivity index (χ4v) is 5.65. The van der Waals surface area contributed by atoms with Crippen LogP contribution in [0.1, 0.15) is 56.7 Å². The smallest absolute Gasteiger partial charge is 0.246 e. The highest BCUT2D eigenvalue weighted by molar-refractivity contribution is 5.87. The van der Waals surface area contributed by atoms with E-state index < -0.39 is 0 Å². The van der Waals surface area contributed by atoms with Gasteiger partial charge in [0, 0.05) is 55.7 Å². The van der Waals surface area contributed by atoms with E-state index in [1.54, 1.807) is 0 Å². The zero-order chi connectivity index (χ0) is 25.1. The highest BCUT2D eigenvalue weighted by Crippen LogP contribution is 2.39. The van der Waals surface area contributed by atoms with Crippen molar-refractivity contribution >= 4 is 23.1 Å². The van der Waals surface area contributed by atoms with Gasteiger partial charge >= 0.3 is 0 Å². The lowest BCUT2D eigenvalue weighted by Crippen LogP contribution is -2.61. The van der Waals surface area contributed by atoms with Gasteiger partial charge in [-0.05, 0) is 57.0 Å². The van der Waals surface area contributed by atoms with Crippen LogP contribution in [0, 0.1) is 0 Å². The molecule has 0 atom stereocenters. The number of pyridine rings is 2. The summed E-state index contributed by atoms with van der Waals surface area (Å²) < 4.78 is 6.23. The van der Waals surface area contributed by atoms with E-state index in [1.807, 2.05) is 17.3 Å². The first kappa shape index (κ1) is 24.6. The maximum absolute atomic E-state index is 11.7. The number of carbonyl (C=O) groups excluding carboxylic acids is 1. The molecule has 8 nitrogen and oxygen atoms in total. The third-order valence-corrected chi connectivity index (χ3v) is 7.69. The molecule has 2 fully saturated rings. The van der Waals surface area contributed by atoms with Crippen LogP contribution in [0.15, 0.2) is 37.2 Å². The number of hydrogen-bond donors (Lipinski definition) is 1. The number of nitrogens with zero attached hydrogens (tertiary/aromatic N) is 5. The van der Waals surface area contributed by atoms with Crippen LogP contribution in [-0.2, 0) is 11.4 Å². The van der Waals surface area contributed by atoms with E-state index >= 15 is 0 Å². The summed E-state index contributed by atoms with van der Waals surface area (Å²) in [4.78, 5) is 28.1. The first-order valence-electron chi connectivity index (χ1n) is 13.4. The Hall–Kier alpha value is -3.13. The van der Waals surface area contributed by atoms with Crippen molar-refractivity contribution in [1.82, 2.24) is 19.8 Å². The van der Waals surface area contributed by atoms with Crippen molar-refractivity contribution in [1.29, 1.82) is 0 Å². The van der Waals surface area contributed by atoms with Gasteiger partial charge in [-0.2, -0.15) is 0 Å². The SMILES string of the molecule is C=CC(=O)N1CC(N2CCC(c3cc4c(cn3)OCc3c(N(CCC)CCC)ccnc3N4)CC2)C1. The van der Waals surface area contributed by atoms with Crippen molar-refractivity contribution in [3.63, 3.8) is 0 Å². The Labute approximate surface area is 214 Å². The van der Waals surface area contributed by atoms with Crippen molar-refractivity contribution in [3.8, 4) is 5.75 Å². The molecule has 0 aliphatic carbocycles. The van der Waals surface area contributed by atoms with E-state index in [2.05, 4.69) is 52.7 Å². The summed E-state index contributed by atoms with van der Waals surface area (Å²) in [6, 6.07) is 4.74. The Balaban J connectivity index is 1.26. The number of ether oxygens (including phenoxy) is 1. The van der Waals surface area contributed by atoms with Crippen molar-refractivity contribution in [3.05, 3.63) is 48.4 Å². The van der Waals surface area contributed by atoms with Gasteiger partial charge < -0.3 is 19.9 Å². The van der Waals surface area contributed by atoms with Gasteiger partial charge in [0.15, 0.2) is 5.75 Å². The van der Waals surface area contributed by atoms with Gasteiger partial charge in [-0.25, -0.2) is 4.98 Å². The molecule has 2 saturated heterocycles. The molecule has 0 unspecified atom stereocenters. The van der Waals surface area contributed by atoms with Crippen LogP contribution in [0.5, 0.6) is 5.75 Å². The van der Waals surface area contributed by atoms with E-state index in [0.717, 1.165) is 93.5 Å². The van der Waals surface area contributed by atoms with Crippen LogP contribution >= 0.6 is 0 Å². The predicted octanol–water partition coefficient (Wildman–Crippen LogP) is 4.32. The number of rotatable bonds is 8. The molecular formula is C28H38N6O2. The molecule has 3 aliphatic rings. The Bertz CT molecular complexity index is 1090. The summed E-state index contributed by atoms with van der Waals surface area (Å²) in [7, 11) is 0. The van der Waals surface area contributed by atoms with Crippen LogP contribution in [-0.4, -0.2) is 71.0 Å². The second-order valence-electron chi connectivity index (χ2n) is 10.1. The number of nitrogens with one attached hydrogen (secondary N) is 1. The lowest BCUT2D eigenvalue weighted by molar-refractivity contribution is -0.133. The van der Waals surface area contributed by atoms with Crippen LogP contribution in [0.4, 0.5) is 17.2 Å². The minimum Gasteiger partial charge on any atom is -0.485 e. The molecule has 0 spiro atoms. The largest absolute Gasteiger partial charge is 0.485 e. The van der Waals surface area contributed by atoms with E-state index in [4.69, 9.17) is 9.72 Å². The third-order valence-electron chi connectivity index (χ3n) is 7.69. The number of carbonyl (C=O) groups is 1. The standard InChI is InChI=1S/C28H38N6O2/c1-4-11-33(12-5-2)25-7-10-29-28-22(25)19-36-26-16-30-23(15-24(26)31-28)20-8-13-32(14-9-20)21-17-34(18-21)27(35)6-3/h6-7,10,15-16,20-21H,3-5,8-9,11-14,17-19H2,1-2H3,(H,29,31). The maximum Gasteiger partial charge on any atom is 0.246 e. The van der Waals surface area contributed by atoms with E-state index in [1.165, 1.54) is 11.8 Å².